The molecule has 1 heteroatoms. The predicted octanol–water partition coefficient (Wildman–Crippen LogP) is 3.19. The monoisotopic (exact) mass is 183 g/mol. The van der Waals surface area contributed by atoms with Gasteiger partial charge >= 0.3 is 0 Å². The van der Waals surface area contributed by atoms with E-state index in [1.54, 1.807) is 0 Å². The zero-order chi connectivity index (χ0) is 10.1. The van der Waals surface area contributed by atoms with Gasteiger partial charge in [0.1, 0.15) is 0 Å². The summed E-state index contributed by atoms with van der Waals surface area (Å²) in [5, 5.41) is 0. The van der Waals surface area contributed by atoms with Gasteiger partial charge in [-0.1, -0.05) is 34.1 Å². The van der Waals surface area contributed by atoms with E-state index >= 15 is 0 Å². The zero-order valence-corrected chi connectivity index (χ0v) is 9.64. The van der Waals surface area contributed by atoms with E-state index in [0.29, 0.717) is 11.5 Å². The van der Waals surface area contributed by atoms with Crippen LogP contribution in [-0.2, 0) is 0 Å². The first-order valence-corrected chi connectivity index (χ1v) is 5.69. The SMILES string of the molecule is CC(C)CC(N)C1CCCC1(C)C. The molecule has 0 radical (unpaired) electrons. The van der Waals surface area contributed by atoms with Crippen molar-refractivity contribution in [3.05, 3.63) is 0 Å². The molecule has 2 unspecified atom stereocenters. The van der Waals surface area contributed by atoms with E-state index in [4.69, 9.17) is 5.73 Å². The number of rotatable bonds is 3. The van der Waals surface area contributed by atoms with E-state index in [1.165, 1.54) is 25.7 Å². The topological polar surface area (TPSA) is 26.0 Å². The second-order valence-electron chi connectivity index (χ2n) is 5.78. The lowest BCUT2D eigenvalue weighted by atomic mass is 9.76. The van der Waals surface area contributed by atoms with Crippen LogP contribution in [-0.4, -0.2) is 6.04 Å². The highest BCUT2D eigenvalue weighted by Gasteiger charge is 2.37. The Bertz CT molecular complexity index is 161. The Morgan fingerprint density at radius 3 is 2.38 bits per heavy atom. The second kappa shape index (κ2) is 4.00. The molecule has 1 fully saturated rings. The maximum absolute atomic E-state index is 6.26. The summed E-state index contributed by atoms with van der Waals surface area (Å²) in [4.78, 5) is 0. The Balaban J connectivity index is 2.51. The quantitative estimate of drug-likeness (QED) is 0.714. The van der Waals surface area contributed by atoms with Crippen molar-refractivity contribution in [1.29, 1.82) is 0 Å². The minimum Gasteiger partial charge on any atom is -0.327 e. The van der Waals surface area contributed by atoms with Crippen molar-refractivity contribution >= 4 is 0 Å². The maximum Gasteiger partial charge on any atom is 0.00746 e. The van der Waals surface area contributed by atoms with Crippen molar-refractivity contribution in [1.82, 2.24) is 0 Å². The normalized spacial score (nSPS) is 29.5. The standard InChI is InChI=1S/C12H25N/c1-9(2)8-11(13)10-6-5-7-12(10,3)4/h9-11H,5-8,13H2,1-4H3. The second-order valence-corrected chi connectivity index (χ2v) is 5.78. The summed E-state index contributed by atoms with van der Waals surface area (Å²) in [6.45, 7) is 9.29. The van der Waals surface area contributed by atoms with Gasteiger partial charge < -0.3 is 5.73 Å². The molecule has 0 bridgehead atoms. The van der Waals surface area contributed by atoms with Gasteiger partial charge in [0.25, 0.3) is 0 Å². The number of hydrogen-bond donors (Lipinski definition) is 1. The Labute approximate surface area is 83.1 Å². The van der Waals surface area contributed by atoms with Gasteiger partial charge in [0, 0.05) is 6.04 Å². The van der Waals surface area contributed by atoms with Crippen molar-refractivity contribution in [3.8, 4) is 0 Å². The van der Waals surface area contributed by atoms with Gasteiger partial charge in [-0.05, 0) is 36.5 Å². The minimum atomic E-state index is 0.428. The largest absolute Gasteiger partial charge is 0.327 e. The molecule has 0 aromatic rings. The van der Waals surface area contributed by atoms with E-state index in [-0.39, 0.29) is 0 Å². The molecule has 2 atom stereocenters. The molecule has 0 amide bonds. The third-order valence-corrected chi connectivity index (χ3v) is 3.60. The molecule has 0 heterocycles. The van der Waals surface area contributed by atoms with E-state index in [9.17, 15) is 0 Å². The van der Waals surface area contributed by atoms with Gasteiger partial charge in [-0.2, -0.15) is 0 Å². The van der Waals surface area contributed by atoms with Crippen LogP contribution in [0.1, 0.15) is 53.4 Å². The zero-order valence-electron chi connectivity index (χ0n) is 9.64. The number of hydrogen-bond acceptors (Lipinski definition) is 1. The van der Waals surface area contributed by atoms with E-state index < -0.39 is 0 Å². The van der Waals surface area contributed by atoms with Gasteiger partial charge in [0.2, 0.25) is 0 Å². The molecule has 1 saturated carbocycles. The minimum absolute atomic E-state index is 0.428. The smallest absolute Gasteiger partial charge is 0.00746 e. The Hall–Kier alpha value is -0.0400. The van der Waals surface area contributed by atoms with Crippen LogP contribution in [0.4, 0.5) is 0 Å². The Morgan fingerprint density at radius 2 is 2.00 bits per heavy atom. The van der Waals surface area contributed by atoms with E-state index in [0.717, 1.165) is 11.8 Å². The summed E-state index contributed by atoms with van der Waals surface area (Å²) in [7, 11) is 0. The molecule has 0 aliphatic heterocycles. The van der Waals surface area contributed by atoms with Crippen molar-refractivity contribution in [3.63, 3.8) is 0 Å². The van der Waals surface area contributed by atoms with Crippen LogP contribution in [0.3, 0.4) is 0 Å². The molecule has 0 aromatic carbocycles. The highest BCUT2D eigenvalue weighted by Crippen LogP contribution is 2.44. The summed E-state index contributed by atoms with van der Waals surface area (Å²) in [6.07, 6.45) is 5.28. The summed E-state index contributed by atoms with van der Waals surface area (Å²) in [5.74, 6) is 1.50. The summed E-state index contributed by atoms with van der Waals surface area (Å²) in [6, 6.07) is 0.428. The number of nitrogens with two attached hydrogens (primary N) is 1. The van der Waals surface area contributed by atoms with Crippen LogP contribution < -0.4 is 5.73 Å². The summed E-state index contributed by atoms with van der Waals surface area (Å²) < 4.78 is 0. The van der Waals surface area contributed by atoms with Crippen molar-refractivity contribution in [2.24, 2.45) is 23.0 Å². The lowest BCUT2D eigenvalue weighted by molar-refractivity contribution is 0.205. The molecule has 2 N–H and O–H groups in total. The van der Waals surface area contributed by atoms with Gasteiger partial charge in [-0.15, -0.1) is 0 Å². The Kier molecular flexibility index (Phi) is 3.39. The third-order valence-electron chi connectivity index (χ3n) is 3.60. The predicted molar refractivity (Wildman–Crippen MR) is 58.6 cm³/mol. The molecule has 1 aliphatic rings. The first-order valence-electron chi connectivity index (χ1n) is 5.69. The molecule has 1 aliphatic carbocycles. The average Bonchev–Trinajstić information content (AvgIpc) is 2.27. The fourth-order valence-electron chi connectivity index (χ4n) is 2.86. The van der Waals surface area contributed by atoms with Gasteiger partial charge in [0.05, 0.1) is 0 Å². The first-order chi connectivity index (χ1) is 5.93. The van der Waals surface area contributed by atoms with Crippen LogP contribution >= 0.6 is 0 Å². The first kappa shape index (κ1) is 11.0. The molecule has 0 spiro atoms. The molecule has 1 rings (SSSR count). The van der Waals surface area contributed by atoms with Crippen LogP contribution in [0.15, 0.2) is 0 Å². The van der Waals surface area contributed by atoms with E-state index in [2.05, 4.69) is 27.7 Å². The lowest BCUT2D eigenvalue weighted by Crippen LogP contribution is -2.37. The van der Waals surface area contributed by atoms with Crippen LogP contribution in [0.5, 0.6) is 0 Å². The van der Waals surface area contributed by atoms with Crippen LogP contribution in [0.25, 0.3) is 0 Å². The van der Waals surface area contributed by atoms with Gasteiger partial charge in [-0.25, -0.2) is 0 Å². The van der Waals surface area contributed by atoms with Crippen molar-refractivity contribution in [2.75, 3.05) is 0 Å². The van der Waals surface area contributed by atoms with Crippen molar-refractivity contribution < 1.29 is 0 Å². The summed E-state index contributed by atoms with van der Waals surface area (Å²) in [5.41, 5.74) is 6.75. The highest BCUT2D eigenvalue weighted by atomic mass is 14.7. The molecule has 1 nitrogen and oxygen atoms in total. The molecule has 78 valence electrons. The molecular weight excluding hydrogens is 158 g/mol. The van der Waals surface area contributed by atoms with Crippen molar-refractivity contribution in [2.45, 2.75) is 59.4 Å². The molecular formula is C12H25N. The van der Waals surface area contributed by atoms with Gasteiger partial charge in [0.15, 0.2) is 0 Å². The lowest BCUT2D eigenvalue weighted by Gasteiger charge is -2.32. The Morgan fingerprint density at radius 1 is 1.38 bits per heavy atom. The van der Waals surface area contributed by atoms with Gasteiger partial charge in [-0.3, -0.25) is 0 Å². The average molecular weight is 183 g/mol. The fourth-order valence-corrected chi connectivity index (χ4v) is 2.86. The molecule has 0 saturated heterocycles. The molecule has 0 aromatic heterocycles. The summed E-state index contributed by atoms with van der Waals surface area (Å²) >= 11 is 0. The molecule has 13 heavy (non-hydrogen) atoms. The van der Waals surface area contributed by atoms with Crippen LogP contribution in [0, 0.1) is 17.3 Å². The maximum atomic E-state index is 6.26. The third kappa shape index (κ3) is 2.70. The fraction of sp³-hybridized carbons (Fsp3) is 1.00. The van der Waals surface area contributed by atoms with Crippen LogP contribution in [0.2, 0.25) is 0 Å². The highest BCUT2D eigenvalue weighted by molar-refractivity contribution is 4.91. The van der Waals surface area contributed by atoms with E-state index in [1.807, 2.05) is 0 Å².